The number of carbonyl (C=O) groups excluding carboxylic acids is 1. The van der Waals surface area contributed by atoms with Gasteiger partial charge in [0.2, 0.25) is 0 Å². The number of thiazole rings is 1. The zero-order valence-electron chi connectivity index (χ0n) is 11.9. The van der Waals surface area contributed by atoms with Crippen LogP contribution in [0.3, 0.4) is 0 Å². The predicted octanol–water partition coefficient (Wildman–Crippen LogP) is 5.36. The van der Waals surface area contributed by atoms with Crippen LogP contribution < -0.4 is 5.32 Å². The Labute approximate surface area is 141 Å². The molecule has 112 valence electrons. The van der Waals surface area contributed by atoms with E-state index >= 15 is 0 Å². The number of hydrogen-bond acceptors (Lipinski definition) is 3. The first-order valence-corrected chi connectivity index (χ1v) is 8.30. The second-order valence-corrected chi connectivity index (χ2v) is 6.40. The summed E-state index contributed by atoms with van der Waals surface area (Å²) < 4.78 is 0.881. The number of amides is 1. The Hall–Kier alpha value is -2.43. The van der Waals surface area contributed by atoms with Crippen molar-refractivity contribution in [1.29, 1.82) is 0 Å². The smallest absolute Gasteiger partial charge is 0.255 e. The summed E-state index contributed by atoms with van der Waals surface area (Å²) in [6.07, 6.45) is 0. The van der Waals surface area contributed by atoms with Crippen LogP contribution >= 0.6 is 22.9 Å². The highest BCUT2D eigenvalue weighted by Gasteiger charge is 2.12. The molecule has 0 bridgehead atoms. The van der Waals surface area contributed by atoms with Gasteiger partial charge < -0.3 is 5.32 Å². The van der Waals surface area contributed by atoms with E-state index < -0.39 is 0 Å². The van der Waals surface area contributed by atoms with E-state index in [1.165, 1.54) is 11.3 Å². The monoisotopic (exact) mass is 338 g/mol. The molecule has 0 atom stereocenters. The molecule has 23 heavy (non-hydrogen) atoms. The summed E-state index contributed by atoms with van der Waals surface area (Å²) in [5.41, 5.74) is 3.79. The Morgan fingerprint density at radius 2 is 1.87 bits per heavy atom. The van der Waals surface area contributed by atoms with Crippen molar-refractivity contribution in [3.8, 4) is 0 Å². The van der Waals surface area contributed by atoms with Crippen molar-refractivity contribution in [2.75, 3.05) is 5.32 Å². The molecule has 0 radical (unpaired) electrons. The third-order valence-electron chi connectivity index (χ3n) is 3.69. The van der Waals surface area contributed by atoms with E-state index in [9.17, 15) is 4.79 Å². The van der Waals surface area contributed by atoms with Gasteiger partial charge >= 0.3 is 0 Å². The minimum Gasteiger partial charge on any atom is -0.321 e. The summed E-state index contributed by atoms with van der Waals surface area (Å²) in [6, 6.07) is 17.2. The normalized spacial score (nSPS) is 11.0. The Bertz CT molecular complexity index is 1040. The van der Waals surface area contributed by atoms with E-state index in [-0.39, 0.29) is 5.91 Å². The zero-order valence-corrected chi connectivity index (χ0v) is 13.5. The molecule has 4 aromatic rings. The number of benzene rings is 3. The van der Waals surface area contributed by atoms with Gasteiger partial charge in [0.1, 0.15) is 5.52 Å². The Morgan fingerprint density at radius 3 is 2.74 bits per heavy atom. The standard InChI is InChI=1S/C18H11ClN2OS/c19-14-7-8-15(17-16(14)20-10-23-17)21-18(22)13-6-5-11-3-1-2-4-12(11)9-13/h1-10H,(H,21,22). The maximum atomic E-state index is 12.5. The van der Waals surface area contributed by atoms with Gasteiger partial charge in [0.25, 0.3) is 5.91 Å². The lowest BCUT2D eigenvalue weighted by Crippen LogP contribution is -2.11. The number of fused-ring (bicyclic) bond motifs is 2. The number of halogens is 1. The van der Waals surface area contributed by atoms with Gasteiger partial charge in [-0.25, -0.2) is 4.98 Å². The maximum absolute atomic E-state index is 12.5. The number of anilines is 1. The topological polar surface area (TPSA) is 42.0 Å². The Balaban J connectivity index is 1.70. The molecule has 3 nitrogen and oxygen atoms in total. The van der Waals surface area contributed by atoms with E-state index in [0.717, 1.165) is 21.2 Å². The van der Waals surface area contributed by atoms with Crippen LogP contribution in [0.5, 0.6) is 0 Å². The number of hydrogen-bond donors (Lipinski definition) is 1. The van der Waals surface area contributed by atoms with Gasteiger partial charge in [0.05, 0.1) is 20.9 Å². The highest BCUT2D eigenvalue weighted by atomic mass is 35.5. The third-order valence-corrected chi connectivity index (χ3v) is 4.86. The van der Waals surface area contributed by atoms with Gasteiger partial charge in [0, 0.05) is 5.56 Å². The van der Waals surface area contributed by atoms with Gasteiger partial charge in [-0.2, -0.15) is 0 Å². The minimum absolute atomic E-state index is 0.146. The van der Waals surface area contributed by atoms with E-state index in [1.54, 1.807) is 11.6 Å². The first-order valence-electron chi connectivity index (χ1n) is 7.04. The maximum Gasteiger partial charge on any atom is 0.255 e. The number of nitrogens with one attached hydrogen (secondary N) is 1. The lowest BCUT2D eigenvalue weighted by atomic mass is 10.1. The van der Waals surface area contributed by atoms with Crippen molar-refractivity contribution in [1.82, 2.24) is 4.98 Å². The molecule has 1 N–H and O–H groups in total. The fourth-order valence-corrected chi connectivity index (χ4v) is 3.59. The average molecular weight is 339 g/mol. The van der Waals surface area contributed by atoms with E-state index in [4.69, 9.17) is 11.6 Å². The van der Waals surface area contributed by atoms with E-state index in [0.29, 0.717) is 16.1 Å². The molecule has 0 aliphatic carbocycles. The van der Waals surface area contributed by atoms with Crippen LogP contribution in [0, 0.1) is 0 Å². The summed E-state index contributed by atoms with van der Waals surface area (Å²) >= 11 is 7.58. The van der Waals surface area contributed by atoms with Crippen LogP contribution in [0.15, 0.2) is 60.1 Å². The summed E-state index contributed by atoms with van der Waals surface area (Å²) in [7, 11) is 0. The largest absolute Gasteiger partial charge is 0.321 e. The molecular formula is C18H11ClN2OS. The number of carbonyl (C=O) groups is 1. The Kier molecular flexibility index (Phi) is 3.48. The summed E-state index contributed by atoms with van der Waals surface area (Å²) in [5, 5.41) is 5.69. The summed E-state index contributed by atoms with van der Waals surface area (Å²) in [5.74, 6) is -0.146. The van der Waals surface area contributed by atoms with Gasteiger partial charge in [0.15, 0.2) is 0 Å². The number of aromatic nitrogens is 1. The van der Waals surface area contributed by atoms with Gasteiger partial charge in [-0.3, -0.25) is 4.79 Å². The average Bonchev–Trinajstić information content (AvgIpc) is 3.08. The second kappa shape index (κ2) is 5.65. The molecule has 0 saturated carbocycles. The van der Waals surface area contributed by atoms with Crippen molar-refractivity contribution in [3.05, 3.63) is 70.7 Å². The zero-order chi connectivity index (χ0) is 15.8. The summed E-state index contributed by atoms with van der Waals surface area (Å²) in [4.78, 5) is 16.8. The molecule has 0 aliphatic heterocycles. The molecule has 1 amide bonds. The van der Waals surface area contributed by atoms with Crippen molar-refractivity contribution in [2.45, 2.75) is 0 Å². The fraction of sp³-hybridized carbons (Fsp3) is 0. The second-order valence-electron chi connectivity index (χ2n) is 5.14. The van der Waals surface area contributed by atoms with Crippen LogP contribution in [0.1, 0.15) is 10.4 Å². The lowest BCUT2D eigenvalue weighted by Gasteiger charge is -2.08. The molecule has 1 aromatic heterocycles. The van der Waals surface area contributed by atoms with Gasteiger partial charge in [-0.1, -0.05) is 41.9 Å². The van der Waals surface area contributed by atoms with Crippen LogP contribution in [0.2, 0.25) is 5.02 Å². The van der Waals surface area contributed by atoms with Crippen molar-refractivity contribution < 1.29 is 4.79 Å². The Morgan fingerprint density at radius 1 is 1.04 bits per heavy atom. The van der Waals surface area contributed by atoms with E-state index in [1.807, 2.05) is 48.5 Å². The molecular weight excluding hydrogens is 328 g/mol. The van der Waals surface area contributed by atoms with Crippen LogP contribution in [0.25, 0.3) is 21.0 Å². The first-order chi connectivity index (χ1) is 11.2. The van der Waals surface area contributed by atoms with Crippen molar-refractivity contribution in [3.63, 3.8) is 0 Å². The summed E-state index contributed by atoms with van der Waals surface area (Å²) in [6.45, 7) is 0. The molecule has 0 fully saturated rings. The molecule has 0 spiro atoms. The van der Waals surface area contributed by atoms with Gasteiger partial charge in [-0.15, -0.1) is 11.3 Å². The lowest BCUT2D eigenvalue weighted by molar-refractivity contribution is 0.102. The van der Waals surface area contributed by atoms with E-state index in [2.05, 4.69) is 10.3 Å². The van der Waals surface area contributed by atoms with Crippen molar-refractivity contribution >= 4 is 55.5 Å². The molecule has 3 aromatic carbocycles. The quantitative estimate of drug-likeness (QED) is 0.535. The molecule has 4 rings (SSSR count). The van der Waals surface area contributed by atoms with Crippen LogP contribution in [-0.4, -0.2) is 10.9 Å². The molecule has 5 heteroatoms. The predicted molar refractivity (Wildman–Crippen MR) is 96.5 cm³/mol. The highest BCUT2D eigenvalue weighted by Crippen LogP contribution is 2.32. The molecule has 0 aliphatic rings. The highest BCUT2D eigenvalue weighted by molar-refractivity contribution is 7.17. The van der Waals surface area contributed by atoms with Crippen LogP contribution in [-0.2, 0) is 0 Å². The number of nitrogens with zero attached hydrogens (tertiary/aromatic N) is 1. The first kappa shape index (κ1) is 14.2. The fourth-order valence-electron chi connectivity index (χ4n) is 2.54. The number of rotatable bonds is 2. The third kappa shape index (κ3) is 2.56. The van der Waals surface area contributed by atoms with Crippen LogP contribution in [0.4, 0.5) is 5.69 Å². The molecule has 0 unspecified atom stereocenters. The molecule has 1 heterocycles. The van der Waals surface area contributed by atoms with Gasteiger partial charge in [-0.05, 0) is 35.0 Å². The van der Waals surface area contributed by atoms with Crippen molar-refractivity contribution in [2.24, 2.45) is 0 Å². The molecule has 0 saturated heterocycles. The SMILES string of the molecule is O=C(Nc1ccc(Cl)c2ncsc12)c1ccc2ccccc2c1. The minimum atomic E-state index is -0.146.